The molecule has 0 amide bonds. The van der Waals surface area contributed by atoms with Crippen molar-refractivity contribution in [1.29, 1.82) is 0 Å². The predicted molar refractivity (Wildman–Crippen MR) is 76.5 cm³/mol. The van der Waals surface area contributed by atoms with Crippen LogP contribution in [-0.4, -0.2) is 5.24 Å². The number of halogens is 1. The summed E-state index contributed by atoms with van der Waals surface area (Å²) in [5, 5.41) is -0.169. The molecule has 0 aromatic rings. The van der Waals surface area contributed by atoms with Crippen LogP contribution >= 0.6 is 11.6 Å². The fourth-order valence-corrected chi connectivity index (χ4v) is 4.18. The Morgan fingerprint density at radius 2 is 2.00 bits per heavy atom. The van der Waals surface area contributed by atoms with E-state index in [1.165, 1.54) is 24.8 Å². The molecule has 1 nitrogen and oxygen atoms in total. The fraction of sp³-hybridized carbons (Fsp3) is 0.812. The number of carbonyl (C=O) groups is 1. The molecular weight excluding hydrogens is 244 g/mol. The van der Waals surface area contributed by atoms with Gasteiger partial charge in [0.15, 0.2) is 0 Å². The standard InChI is InChI=1S/C16H25ClO/c1-10-5-7-12-11(2)6-8-14(13(12)9-10)16(3,4)15(17)18/h9,11-14H,5-8H2,1-4H3. The van der Waals surface area contributed by atoms with Gasteiger partial charge in [-0.2, -0.15) is 0 Å². The molecule has 2 aliphatic carbocycles. The molecule has 2 rings (SSSR count). The Morgan fingerprint density at radius 1 is 1.33 bits per heavy atom. The van der Waals surface area contributed by atoms with E-state index in [1.54, 1.807) is 0 Å². The van der Waals surface area contributed by atoms with Crippen molar-refractivity contribution in [1.82, 2.24) is 0 Å². The molecule has 0 aromatic carbocycles. The quantitative estimate of drug-likeness (QED) is 0.519. The second-order valence-corrected chi connectivity index (χ2v) is 7.29. The molecule has 0 saturated heterocycles. The smallest absolute Gasteiger partial charge is 0.227 e. The second kappa shape index (κ2) is 5.00. The lowest BCUT2D eigenvalue weighted by Gasteiger charge is -2.48. The summed E-state index contributed by atoms with van der Waals surface area (Å²) in [7, 11) is 0. The summed E-state index contributed by atoms with van der Waals surface area (Å²) in [6.45, 7) is 8.65. The molecule has 4 unspecified atom stereocenters. The molecule has 1 saturated carbocycles. The first kappa shape index (κ1) is 14.1. The normalized spacial score (nSPS) is 36.8. The van der Waals surface area contributed by atoms with Crippen LogP contribution in [0.3, 0.4) is 0 Å². The first-order chi connectivity index (χ1) is 8.34. The highest BCUT2D eigenvalue weighted by Crippen LogP contribution is 2.51. The third kappa shape index (κ3) is 2.39. The monoisotopic (exact) mass is 268 g/mol. The van der Waals surface area contributed by atoms with Crippen LogP contribution < -0.4 is 0 Å². The number of rotatable bonds is 2. The van der Waals surface area contributed by atoms with Crippen molar-refractivity contribution in [2.75, 3.05) is 0 Å². The van der Waals surface area contributed by atoms with Gasteiger partial charge in [-0.05, 0) is 61.5 Å². The number of fused-ring (bicyclic) bond motifs is 1. The topological polar surface area (TPSA) is 17.1 Å². The average molecular weight is 269 g/mol. The molecule has 2 heteroatoms. The van der Waals surface area contributed by atoms with Crippen molar-refractivity contribution in [3.63, 3.8) is 0 Å². The highest BCUT2D eigenvalue weighted by atomic mass is 35.5. The summed E-state index contributed by atoms with van der Waals surface area (Å²) in [6.07, 6.45) is 7.34. The van der Waals surface area contributed by atoms with Crippen LogP contribution in [0.2, 0.25) is 0 Å². The lowest BCUT2D eigenvalue weighted by molar-refractivity contribution is -0.124. The molecule has 102 valence electrons. The van der Waals surface area contributed by atoms with Gasteiger partial charge in [0.05, 0.1) is 0 Å². The zero-order valence-corrected chi connectivity index (χ0v) is 12.8. The summed E-state index contributed by atoms with van der Waals surface area (Å²) < 4.78 is 0. The largest absolute Gasteiger partial charge is 0.281 e. The van der Waals surface area contributed by atoms with Crippen LogP contribution in [-0.2, 0) is 4.79 Å². The maximum absolute atomic E-state index is 11.7. The molecule has 4 atom stereocenters. The maximum Gasteiger partial charge on any atom is 0.227 e. The van der Waals surface area contributed by atoms with Crippen molar-refractivity contribution in [3.05, 3.63) is 11.6 Å². The lowest BCUT2D eigenvalue weighted by Crippen LogP contribution is -2.43. The summed E-state index contributed by atoms with van der Waals surface area (Å²) in [6, 6.07) is 0. The van der Waals surface area contributed by atoms with Gasteiger partial charge in [-0.3, -0.25) is 4.79 Å². The Morgan fingerprint density at radius 3 is 2.61 bits per heavy atom. The van der Waals surface area contributed by atoms with E-state index in [0.717, 1.165) is 18.3 Å². The van der Waals surface area contributed by atoms with Gasteiger partial charge in [-0.1, -0.05) is 38.8 Å². The zero-order chi connectivity index (χ0) is 13.5. The highest BCUT2D eigenvalue weighted by Gasteiger charge is 2.46. The predicted octanol–water partition coefficient (Wildman–Crippen LogP) is 4.80. The Balaban J connectivity index is 2.31. The van der Waals surface area contributed by atoms with Gasteiger partial charge in [0.1, 0.15) is 0 Å². The van der Waals surface area contributed by atoms with E-state index in [0.29, 0.717) is 11.8 Å². The molecular formula is C16H25ClO. The van der Waals surface area contributed by atoms with E-state index in [2.05, 4.69) is 19.9 Å². The third-order valence-electron chi connectivity index (χ3n) is 5.41. The zero-order valence-electron chi connectivity index (χ0n) is 12.0. The van der Waals surface area contributed by atoms with Crippen LogP contribution in [0.4, 0.5) is 0 Å². The van der Waals surface area contributed by atoms with Gasteiger partial charge in [-0.15, -0.1) is 0 Å². The minimum Gasteiger partial charge on any atom is -0.281 e. The van der Waals surface area contributed by atoms with Gasteiger partial charge >= 0.3 is 0 Å². The van der Waals surface area contributed by atoms with E-state index in [4.69, 9.17) is 11.6 Å². The van der Waals surface area contributed by atoms with Crippen LogP contribution in [0.5, 0.6) is 0 Å². The van der Waals surface area contributed by atoms with Crippen LogP contribution in [0, 0.1) is 29.1 Å². The minimum absolute atomic E-state index is 0.169. The van der Waals surface area contributed by atoms with Gasteiger partial charge in [0.25, 0.3) is 0 Å². The molecule has 0 aliphatic heterocycles. The lowest BCUT2D eigenvalue weighted by atomic mass is 9.57. The van der Waals surface area contributed by atoms with E-state index < -0.39 is 5.41 Å². The van der Waals surface area contributed by atoms with Gasteiger partial charge < -0.3 is 0 Å². The minimum atomic E-state index is -0.390. The van der Waals surface area contributed by atoms with Crippen molar-refractivity contribution in [3.8, 4) is 0 Å². The molecule has 0 bridgehead atoms. The van der Waals surface area contributed by atoms with Gasteiger partial charge in [-0.25, -0.2) is 0 Å². The third-order valence-corrected chi connectivity index (χ3v) is 5.89. The molecule has 2 aliphatic rings. The Hall–Kier alpha value is -0.300. The van der Waals surface area contributed by atoms with Gasteiger partial charge in [0.2, 0.25) is 5.24 Å². The van der Waals surface area contributed by atoms with Crippen LogP contribution in [0.15, 0.2) is 11.6 Å². The van der Waals surface area contributed by atoms with E-state index in [9.17, 15) is 4.79 Å². The first-order valence-corrected chi connectivity index (χ1v) is 7.59. The first-order valence-electron chi connectivity index (χ1n) is 7.21. The number of allylic oxidation sites excluding steroid dienone is 2. The summed E-state index contributed by atoms with van der Waals surface area (Å²) in [5.41, 5.74) is 1.10. The van der Waals surface area contributed by atoms with Crippen LogP contribution in [0.25, 0.3) is 0 Å². The molecule has 1 fully saturated rings. The SMILES string of the molecule is CC1=CC2C(CC1)C(C)CCC2C(C)(C)C(=O)Cl. The number of hydrogen-bond donors (Lipinski definition) is 0. The van der Waals surface area contributed by atoms with E-state index in [1.807, 2.05) is 13.8 Å². The van der Waals surface area contributed by atoms with E-state index >= 15 is 0 Å². The highest BCUT2D eigenvalue weighted by molar-refractivity contribution is 6.64. The fourth-order valence-electron chi connectivity index (χ4n) is 4.04. The second-order valence-electron chi connectivity index (χ2n) is 6.95. The average Bonchev–Trinajstić information content (AvgIpc) is 2.28. The molecule has 0 aromatic heterocycles. The molecule has 0 radical (unpaired) electrons. The van der Waals surface area contributed by atoms with Crippen molar-refractivity contribution in [2.24, 2.45) is 29.1 Å². The Kier molecular flexibility index (Phi) is 3.92. The molecule has 18 heavy (non-hydrogen) atoms. The van der Waals surface area contributed by atoms with E-state index in [-0.39, 0.29) is 5.24 Å². The molecule has 0 N–H and O–H groups in total. The van der Waals surface area contributed by atoms with Crippen LogP contribution in [0.1, 0.15) is 53.4 Å². The Bertz CT molecular complexity index is 369. The maximum atomic E-state index is 11.7. The summed E-state index contributed by atoms with van der Waals surface area (Å²) in [4.78, 5) is 11.7. The number of hydrogen-bond acceptors (Lipinski definition) is 1. The number of carbonyl (C=O) groups excluding carboxylic acids is 1. The van der Waals surface area contributed by atoms with Crippen molar-refractivity contribution in [2.45, 2.75) is 53.4 Å². The van der Waals surface area contributed by atoms with Gasteiger partial charge in [0, 0.05) is 5.41 Å². The molecule has 0 spiro atoms. The molecule has 0 heterocycles. The summed E-state index contributed by atoms with van der Waals surface area (Å²) >= 11 is 5.85. The summed E-state index contributed by atoms with van der Waals surface area (Å²) in [5.74, 6) is 2.51. The Labute approximate surface area is 116 Å². The van der Waals surface area contributed by atoms with Crippen molar-refractivity contribution >= 4 is 16.8 Å². The van der Waals surface area contributed by atoms with Crippen molar-refractivity contribution < 1.29 is 4.79 Å².